The van der Waals surface area contributed by atoms with Crippen molar-refractivity contribution in [1.82, 2.24) is 9.80 Å². The third kappa shape index (κ3) is 3.12. The Hall–Kier alpha value is -2.58. The van der Waals surface area contributed by atoms with Crippen LogP contribution >= 0.6 is 24.4 Å². The number of hydrogen-bond donors (Lipinski definition) is 0. The standard InChI is InChI=1S/C20H18N2O4S2/c27-19(13-1-3-15-17(9-13)25-11-23-15)21-5-7-22(8-6-21)20(28)14-2-4-16-18(10-14)26-12-24-16/h1-4,9-10H,5-8,11-12H2. The molecule has 0 amide bonds. The summed E-state index contributed by atoms with van der Waals surface area (Å²) in [5, 5.41) is 0. The molecule has 2 aromatic rings. The van der Waals surface area contributed by atoms with E-state index in [-0.39, 0.29) is 13.6 Å². The molecule has 0 radical (unpaired) electrons. The van der Waals surface area contributed by atoms with Crippen LogP contribution in [0.1, 0.15) is 11.1 Å². The first-order valence-electron chi connectivity index (χ1n) is 9.07. The summed E-state index contributed by atoms with van der Waals surface area (Å²) < 4.78 is 21.7. The van der Waals surface area contributed by atoms with Crippen LogP contribution in [0.25, 0.3) is 0 Å². The van der Waals surface area contributed by atoms with Gasteiger partial charge >= 0.3 is 0 Å². The van der Waals surface area contributed by atoms with E-state index >= 15 is 0 Å². The summed E-state index contributed by atoms with van der Waals surface area (Å²) in [6.07, 6.45) is 0. The molecule has 0 aromatic heterocycles. The zero-order valence-electron chi connectivity index (χ0n) is 15.1. The lowest BCUT2D eigenvalue weighted by atomic mass is 10.1. The minimum Gasteiger partial charge on any atom is -0.454 e. The quantitative estimate of drug-likeness (QED) is 0.695. The molecule has 3 heterocycles. The van der Waals surface area contributed by atoms with Crippen LogP contribution in [0.4, 0.5) is 0 Å². The fourth-order valence-corrected chi connectivity index (χ4v) is 4.16. The highest BCUT2D eigenvalue weighted by molar-refractivity contribution is 7.81. The van der Waals surface area contributed by atoms with Gasteiger partial charge < -0.3 is 28.7 Å². The molecule has 2 aromatic carbocycles. The minimum atomic E-state index is 0.265. The van der Waals surface area contributed by atoms with E-state index in [1.54, 1.807) is 0 Å². The lowest BCUT2D eigenvalue weighted by Crippen LogP contribution is -2.50. The molecule has 3 aliphatic rings. The van der Waals surface area contributed by atoms with Gasteiger partial charge in [0, 0.05) is 37.3 Å². The molecule has 0 aliphatic carbocycles. The molecule has 3 aliphatic heterocycles. The Morgan fingerprint density at radius 1 is 0.607 bits per heavy atom. The average molecular weight is 415 g/mol. The van der Waals surface area contributed by atoms with Gasteiger partial charge in [-0.3, -0.25) is 0 Å². The smallest absolute Gasteiger partial charge is 0.231 e. The second-order valence-corrected chi connectivity index (χ2v) is 7.49. The van der Waals surface area contributed by atoms with E-state index in [1.807, 2.05) is 36.4 Å². The minimum absolute atomic E-state index is 0.265. The lowest BCUT2D eigenvalue weighted by molar-refractivity contribution is 0.173. The van der Waals surface area contributed by atoms with Gasteiger partial charge in [-0.05, 0) is 36.4 Å². The number of fused-ring (bicyclic) bond motifs is 2. The van der Waals surface area contributed by atoms with Gasteiger partial charge in [-0.15, -0.1) is 0 Å². The molecule has 0 saturated carbocycles. The summed E-state index contributed by atoms with van der Waals surface area (Å²) >= 11 is 11.4. The van der Waals surface area contributed by atoms with Gasteiger partial charge in [-0.1, -0.05) is 24.4 Å². The highest BCUT2D eigenvalue weighted by atomic mass is 32.1. The second-order valence-electron chi connectivity index (χ2n) is 6.72. The summed E-state index contributed by atoms with van der Waals surface area (Å²) in [7, 11) is 0. The number of benzene rings is 2. The molecule has 1 saturated heterocycles. The van der Waals surface area contributed by atoms with Gasteiger partial charge in [0.05, 0.1) is 0 Å². The topological polar surface area (TPSA) is 43.4 Å². The molecule has 0 spiro atoms. The Bertz CT molecular complexity index is 880. The van der Waals surface area contributed by atoms with E-state index < -0.39 is 0 Å². The molecule has 0 bridgehead atoms. The Labute approximate surface area is 173 Å². The highest BCUT2D eigenvalue weighted by Gasteiger charge is 2.24. The Kier molecular flexibility index (Phi) is 4.44. The number of thiocarbonyl (C=S) groups is 2. The number of piperazine rings is 1. The third-order valence-corrected chi connectivity index (χ3v) is 6.08. The monoisotopic (exact) mass is 414 g/mol. The zero-order chi connectivity index (χ0) is 19.1. The van der Waals surface area contributed by atoms with Gasteiger partial charge in [0.1, 0.15) is 9.98 Å². The summed E-state index contributed by atoms with van der Waals surface area (Å²) in [5.74, 6) is 3.04. The Morgan fingerprint density at radius 3 is 1.43 bits per heavy atom. The fourth-order valence-electron chi connectivity index (χ4n) is 3.54. The van der Waals surface area contributed by atoms with Crippen LogP contribution < -0.4 is 18.9 Å². The van der Waals surface area contributed by atoms with Crippen LogP contribution in [0.3, 0.4) is 0 Å². The van der Waals surface area contributed by atoms with Crippen LogP contribution in [0.5, 0.6) is 23.0 Å². The van der Waals surface area contributed by atoms with E-state index in [0.717, 1.165) is 70.3 Å². The predicted octanol–water partition coefficient (Wildman–Crippen LogP) is 2.81. The molecule has 8 heteroatoms. The van der Waals surface area contributed by atoms with E-state index in [1.165, 1.54) is 0 Å². The summed E-state index contributed by atoms with van der Waals surface area (Å²) in [4.78, 5) is 6.08. The summed E-state index contributed by atoms with van der Waals surface area (Å²) in [5.41, 5.74) is 1.96. The van der Waals surface area contributed by atoms with Gasteiger partial charge in [0.2, 0.25) is 13.6 Å². The van der Waals surface area contributed by atoms with E-state index in [4.69, 9.17) is 43.4 Å². The maximum atomic E-state index is 5.71. The number of rotatable bonds is 2. The first kappa shape index (κ1) is 17.5. The van der Waals surface area contributed by atoms with Gasteiger partial charge in [0.25, 0.3) is 0 Å². The molecular weight excluding hydrogens is 396 g/mol. The average Bonchev–Trinajstić information content (AvgIpc) is 3.40. The van der Waals surface area contributed by atoms with Crippen LogP contribution in [-0.2, 0) is 0 Å². The van der Waals surface area contributed by atoms with Crippen molar-refractivity contribution in [3.8, 4) is 23.0 Å². The van der Waals surface area contributed by atoms with Gasteiger partial charge in [-0.2, -0.15) is 0 Å². The van der Waals surface area contributed by atoms with Crippen molar-refractivity contribution in [2.75, 3.05) is 39.8 Å². The number of ether oxygens (including phenoxy) is 4. The molecule has 28 heavy (non-hydrogen) atoms. The van der Waals surface area contributed by atoms with Crippen LogP contribution in [-0.4, -0.2) is 59.5 Å². The largest absolute Gasteiger partial charge is 0.454 e. The van der Waals surface area contributed by atoms with Crippen molar-refractivity contribution in [1.29, 1.82) is 0 Å². The van der Waals surface area contributed by atoms with Gasteiger partial charge in [0.15, 0.2) is 23.0 Å². The van der Waals surface area contributed by atoms with Crippen molar-refractivity contribution in [2.24, 2.45) is 0 Å². The van der Waals surface area contributed by atoms with E-state index in [9.17, 15) is 0 Å². The molecule has 0 unspecified atom stereocenters. The normalized spacial score (nSPS) is 17.0. The molecule has 5 rings (SSSR count). The highest BCUT2D eigenvalue weighted by Crippen LogP contribution is 2.34. The van der Waals surface area contributed by atoms with Crippen molar-refractivity contribution in [3.05, 3.63) is 47.5 Å². The van der Waals surface area contributed by atoms with Crippen molar-refractivity contribution < 1.29 is 18.9 Å². The predicted molar refractivity (Wildman–Crippen MR) is 112 cm³/mol. The first-order chi connectivity index (χ1) is 13.7. The van der Waals surface area contributed by atoms with E-state index in [0.29, 0.717) is 0 Å². The van der Waals surface area contributed by atoms with Crippen molar-refractivity contribution in [3.63, 3.8) is 0 Å². The molecular formula is C20H18N2O4S2. The molecule has 1 fully saturated rings. The van der Waals surface area contributed by atoms with E-state index in [2.05, 4.69) is 9.80 Å². The zero-order valence-corrected chi connectivity index (χ0v) is 16.7. The second kappa shape index (κ2) is 7.10. The molecule has 144 valence electrons. The summed E-state index contributed by atoms with van der Waals surface area (Å²) in [6, 6.07) is 11.7. The van der Waals surface area contributed by atoms with Crippen LogP contribution in [0.2, 0.25) is 0 Å². The van der Waals surface area contributed by atoms with Crippen molar-refractivity contribution in [2.45, 2.75) is 0 Å². The summed E-state index contributed by atoms with van der Waals surface area (Å²) in [6.45, 7) is 3.80. The van der Waals surface area contributed by atoms with Crippen LogP contribution in [0, 0.1) is 0 Å². The Balaban J connectivity index is 1.23. The van der Waals surface area contributed by atoms with Crippen LogP contribution in [0.15, 0.2) is 36.4 Å². The lowest BCUT2D eigenvalue weighted by Gasteiger charge is -2.37. The first-order valence-corrected chi connectivity index (χ1v) is 9.88. The molecule has 0 atom stereocenters. The van der Waals surface area contributed by atoms with Gasteiger partial charge in [-0.25, -0.2) is 0 Å². The fraction of sp³-hybridized carbons (Fsp3) is 0.300. The molecule has 6 nitrogen and oxygen atoms in total. The maximum Gasteiger partial charge on any atom is 0.231 e. The Morgan fingerprint density at radius 2 is 1.00 bits per heavy atom. The number of nitrogens with zero attached hydrogens (tertiary/aromatic N) is 2. The SMILES string of the molecule is S=C(c1ccc2c(c1)OCO2)N1CCN(C(=S)c2ccc3c(c2)OCO3)CC1. The third-order valence-electron chi connectivity index (χ3n) is 5.09. The molecule has 0 N–H and O–H groups in total. The van der Waals surface area contributed by atoms with Crippen molar-refractivity contribution >= 4 is 34.4 Å². The maximum absolute atomic E-state index is 5.71. The number of hydrogen-bond acceptors (Lipinski definition) is 6.